The molecule has 0 saturated heterocycles. The Morgan fingerprint density at radius 1 is 0.969 bits per heavy atom. The van der Waals surface area contributed by atoms with E-state index in [1.54, 1.807) is 12.1 Å². The number of para-hydroxylation sites is 1. The number of aromatic nitrogens is 2. The zero-order valence-electron chi connectivity index (χ0n) is 17.1. The number of nitrogens with one attached hydrogen (secondary N) is 2. The molecule has 0 atom stereocenters. The van der Waals surface area contributed by atoms with Crippen LogP contribution in [0.4, 0.5) is 5.69 Å². The molecule has 162 valence electrons. The van der Waals surface area contributed by atoms with Gasteiger partial charge < -0.3 is 9.84 Å². The van der Waals surface area contributed by atoms with Gasteiger partial charge in [-0.3, -0.25) is 9.52 Å². The number of benzene rings is 3. The molecule has 8 nitrogen and oxygen atoms in total. The first-order valence-corrected chi connectivity index (χ1v) is 11.3. The van der Waals surface area contributed by atoms with Crippen LogP contribution in [0, 0.1) is 6.92 Å². The van der Waals surface area contributed by atoms with Gasteiger partial charge in [0.05, 0.1) is 17.1 Å². The van der Waals surface area contributed by atoms with Crippen LogP contribution in [0.1, 0.15) is 21.8 Å². The second-order valence-electron chi connectivity index (χ2n) is 7.01. The number of sulfonamides is 1. The molecule has 0 aliphatic heterocycles. The fourth-order valence-electron chi connectivity index (χ4n) is 2.98. The molecule has 0 aliphatic carbocycles. The molecule has 4 rings (SSSR count). The monoisotopic (exact) mass is 448 g/mol. The van der Waals surface area contributed by atoms with Gasteiger partial charge in [0.2, 0.25) is 11.7 Å². The number of hydrogen-bond donors (Lipinski definition) is 2. The van der Waals surface area contributed by atoms with Crippen molar-refractivity contribution in [1.82, 2.24) is 15.5 Å². The maximum Gasteiger partial charge on any atom is 0.261 e. The normalized spacial score (nSPS) is 11.2. The molecule has 0 bridgehead atoms. The van der Waals surface area contributed by atoms with E-state index in [1.807, 2.05) is 49.4 Å². The molecule has 0 saturated carbocycles. The summed E-state index contributed by atoms with van der Waals surface area (Å²) in [6.45, 7) is 1.82. The van der Waals surface area contributed by atoms with E-state index in [0.29, 0.717) is 11.5 Å². The van der Waals surface area contributed by atoms with E-state index in [2.05, 4.69) is 20.2 Å². The first kappa shape index (κ1) is 21.3. The highest BCUT2D eigenvalue weighted by Gasteiger charge is 2.18. The van der Waals surface area contributed by atoms with Gasteiger partial charge in [0.15, 0.2) is 0 Å². The lowest BCUT2D eigenvalue weighted by Gasteiger charge is -2.11. The minimum Gasteiger partial charge on any atom is -0.343 e. The summed E-state index contributed by atoms with van der Waals surface area (Å²) >= 11 is 0. The third-order valence-electron chi connectivity index (χ3n) is 4.70. The first-order valence-electron chi connectivity index (χ1n) is 9.77. The van der Waals surface area contributed by atoms with E-state index in [-0.39, 0.29) is 22.9 Å². The fourth-order valence-corrected chi connectivity index (χ4v) is 4.16. The highest BCUT2D eigenvalue weighted by Crippen LogP contribution is 2.20. The van der Waals surface area contributed by atoms with E-state index >= 15 is 0 Å². The Bertz CT molecular complexity index is 1350. The smallest absolute Gasteiger partial charge is 0.261 e. The predicted molar refractivity (Wildman–Crippen MR) is 119 cm³/mol. The highest BCUT2D eigenvalue weighted by atomic mass is 32.2. The molecule has 0 aliphatic rings. The van der Waals surface area contributed by atoms with Crippen LogP contribution < -0.4 is 10.0 Å². The molecular weight excluding hydrogens is 428 g/mol. The summed E-state index contributed by atoms with van der Waals surface area (Å²) < 4.78 is 33.3. The van der Waals surface area contributed by atoms with Crippen molar-refractivity contribution in [2.24, 2.45) is 0 Å². The summed E-state index contributed by atoms with van der Waals surface area (Å²) in [6.07, 6.45) is 0. The Balaban J connectivity index is 1.44. The lowest BCUT2D eigenvalue weighted by Crippen LogP contribution is -2.23. The largest absolute Gasteiger partial charge is 0.343 e. The van der Waals surface area contributed by atoms with E-state index in [0.717, 1.165) is 11.1 Å². The van der Waals surface area contributed by atoms with E-state index in [9.17, 15) is 13.2 Å². The number of carbonyl (C=O) groups is 1. The Kier molecular flexibility index (Phi) is 6.00. The van der Waals surface area contributed by atoms with Crippen LogP contribution in [-0.2, 0) is 16.6 Å². The molecule has 1 heterocycles. The maximum absolute atomic E-state index is 12.8. The second-order valence-corrected chi connectivity index (χ2v) is 8.69. The minimum atomic E-state index is -3.86. The van der Waals surface area contributed by atoms with Crippen LogP contribution >= 0.6 is 0 Å². The summed E-state index contributed by atoms with van der Waals surface area (Å²) in [5, 5.41) is 6.57. The van der Waals surface area contributed by atoms with Crippen molar-refractivity contribution < 1.29 is 17.7 Å². The number of nitrogens with zero attached hydrogens (tertiary/aromatic N) is 2. The zero-order chi connectivity index (χ0) is 22.6. The molecule has 4 aromatic rings. The maximum atomic E-state index is 12.8. The number of anilines is 1. The minimum absolute atomic E-state index is 0.0110. The zero-order valence-corrected chi connectivity index (χ0v) is 18.0. The fraction of sp³-hybridized carbons (Fsp3) is 0.0870. The summed E-state index contributed by atoms with van der Waals surface area (Å²) in [5.74, 6) is 0.199. The molecule has 9 heteroatoms. The van der Waals surface area contributed by atoms with Gasteiger partial charge >= 0.3 is 0 Å². The van der Waals surface area contributed by atoms with Crippen molar-refractivity contribution in [3.05, 3.63) is 95.9 Å². The standard InChI is InChI=1S/C23H20N4O4S/c1-16-8-5-6-13-20(16)27-32(29,30)19-12-7-11-18(14-19)23(28)24-15-21-25-22(26-31-21)17-9-3-2-4-10-17/h2-14,27H,15H2,1H3,(H,24,28). The summed E-state index contributed by atoms with van der Waals surface area (Å²) in [5.41, 5.74) is 2.26. The van der Waals surface area contributed by atoms with Crippen LogP contribution in [0.15, 0.2) is 88.3 Å². The van der Waals surface area contributed by atoms with Gasteiger partial charge in [0, 0.05) is 11.1 Å². The third kappa shape index (κ3) is 4.84. The van der Waals surface area contributed by atoms with Crippen molar-refractivity contribution in [3.63, 3.8) is 0 Å². The third-order valence-corrected chi connectivity index (χ3v) is 6.06. The molecule has 2 N–H and O–H groups in total. The van der Waals surface area contributed by atoms with Gasteiger partial charge in [-0.05, 0) is 36.8 Å². The predicted octanol–water partition coefficient (Wildman–Crippen LogP) is 3.78. The van der Waals surface area contributed by atoms with Gasteiger partial charge in [-0.1, -0.05) is 59.8 Å². The SMILES string of the molecule is Cc1ccccc1NS(=O)(=O)c1cccc(C(=O)NCc2nc(-c3ccccc3)no2)c1. The van der Waals surface area contributed by atoms with E-state index in [1.165, 1.54) is 24.3 Å². The molecule has 3 aromatic carbocycles. The quantitative estimate of drug-likeness (QED) is 0.445. The van der Waals surface area contributed by atoms with Gasteiger partial charge in [-0.25, -0.2) is 8.42 Å². The molecule has 32 heavy (non-hydrogen) atoms. The summed E-state index contributed by atoms with van der Waals surface area (Å²) in [6, 6.07) is 22.2. The second kappa shape index (κ2) is 9.03. The molecular formula is C23H20N4O4S. The number of carbonyl (C=O) groups excluding carboxylic acids is 1. The van der Waals surface area contributed by atoms with Gasteiger partial charge in [-0.2, -0.15) is 4.98 Å². The van der Waals surface area contributed by atoms with Crippen LogP contribution in [0.25, 0.3) is 11.4 Å². The Morgan fingerprint density at radius 2 is 1.72 bits per heavy atom. The highest BCUT2D eigenvalue weighted by molar-refractivity contribution is 7.92. The average Bonchev–Trinajstić information content (AvgIpc) is 3.29. The molecule has 1 aromatic heterocycles. The van der Waals surface area contributed by atoms with Crippen molar-refractivity contribution in [2.75, 3.05) is 4.72 Å². The number of rotatable bonds is 7. The van der Waals surface area contributed by atoms with Gasteiger partial charge in [0.25, 0.3) is 15.9 Å². The van der Waals surface area contributed by atoms with E-state index < -0.39 is 15.9 Å². The van der Waals surface area contributed by atoms with Crippen molar-refractivity contribution in [2.45, 2.75) is 18.4 Å². The topological polar surface area (TPSA) is 114 Å². The molecule has 1 amide bonds. The first-order chi connectivity index (χ1) is 15.4. The Labute approximate surface area is 185 Å². The molecule has 0 radical (unpaired) electrons. The molecule has 0 unspecified atom stereocenters. The number of aryl methyl sites for hydroxylation is 1. The summed E-state index contributed by atoms with van der Waals surface area (Å²) in [4.78, 5) is 16.8. The lowest BCUT2D eigenvalue weighted by molar-refractivity contribution is 0.0946. The Hall–Kier alpha value is -3.98. The number of hydrogen-bond acceptors (Lipinski definition) is 6. The van der Waals surface area contributed by atoms with Crippen LogP contribution in [0.2, 0.25) is 0 Å². The summed E-state index contributed by atoms with van der Waals surface area (Å²) in [7, 11) is -3.86. The van der Waals surface area contributed by atoms with Crippen molar-refractivity contribution in [1.29, 1.82) is 0 Å². The van der Waals surface area contributed by atoms with E-state index in [4.69, 9.17) is 4.52 Å². The van der Waals surface area contributed by atoms with Crippen molar-refractivity contribution >= 4 is 21.6 Å². The van der Waals surface area contributed by atoms with Gasteiger partial charge in [-0.15, -0.1) is 0 Å². The van der Waals surface area contributed by atoms with Gasteiger partial charge in [0.1, 0.15) is 0 Å². The lowest BCUT2D eigenvalue weighted by atomic mass is 10.2. The number of amides is 1. The van der Waals surface area contributed by atoms with Crippen molar-refractivity contribution in [3.8, 4) is 11.4 Å². The Morgan fingerprint density at radius 3 is 2.50 bits per heavy atom. The van der Waals surface area contributed by atoms with Crippen LogP contribution in [-0.4, -0.2) is 24.5 Å². The average molecular weight is 449 g/mol. The molecule has 0 spiro atoms. The van der Waals surface area contributed by atoms with Crippen LogP contribution in [0.3, 0.4) is 0 Å². The van der Waals surface area contributed by atoms with Crippen LogP contribution in [0.5, 0.6) is 0 Å². The molecule has 0 fully saturated rings.